The van der Waals surface area contributed by atoms with Crippen LogP contribution in [-0.4, -0.2) is 12.1 Å². The number of halogens is 12. The van der Waals surface area contributed by atoms with Crippen LogP contribution in [0.5, 0.6) is 5.75 Å². The first-order valence-electron chi connectivity index (χ1n) is 11.0. The van der Waals surface area contributed by atoms with E-state index in [4.69, 9.17) is 4.65 Å². The minimum absolute atomic E-state index is 0.446. The smallest absolute Gasteiger partial charge is 0.532 e. The Morgan fingerprint density at radius 1 is 0.439 bits per heavy atom. The number of para-hydroxylation sites is 1. The molecule has 5 aromatic rings. The molecule has 41 heavy (non-hydrogen) atoms. The Labute approximate surface area is 220 Å². The molecule has 0 aliphatic carbocycles. The van der Waals surface area contributed by atoms with Gasteiger partial charge in [-0.15, -0.1) is 0 Å². The van der Waals surface area contributed by atoms with E-state index in [0.29, 0.717) is 6.07 Å². The van der Waals surface area contributed by atoms with Gasteiger partial charge < -0.3 is 9.68 Å². The Hall–Kier alpha value is -4.40. The molecule has 0 atom stereocenters. The molecule has 0 saturated carbocycles. The Bertz CT molecular complexity index is 1930. The summed E-state index contributed by atoms with van der Waals surface area (Å²) in [6.45, 7) is 0. The highest BCUT2D eigenvalue weighted by molar-refractivity contribution is 6.64. The standard InChI is InChI=1S/C26H7BF12O2/c28-9-6-5-8(16(29)17(9)30)7-3-1-2-4-10(7)41-27(40)15-11-12(20(33)24(37)23(15)36)19(32)14-13(18(11)31)21(34)25(38)26(39)22(14)35/h1-6,40H. The van der Waals surface area contributed by atoms with Crippen molar-refractivity contribution >= 4 is 34.1 Å². The van der Waals surface area contributed by atoms with E-state index in [-0.39, 0.29) is 0 Å². The van der Waals surface area contributed by atoms with Crippen LogP contribution in [0, 0.1) is 69.8 Å². The highest BCUT2D eigenvalue weighted by atomic mass is 19.2. The molecule has 0 fully saturated rings. The van der Waals surface area contributed by atoms with Crippen molar-refractivity contribution in [2.45, 2.75) is 0 Å². The van der Waals surface area contributed by atoms with Crippen LogP contribution in [0.4, 0.5) is 52.7 Å². The fourth-order valence-corrected chi connectivity index (χ4v) is 4.34. The molecule has 0 unspecified atom stereocenters. The lowest BCUT2D eigenvalue weighted by atomic mass is 9.74. The van der Waals surface area contributed by atoms with Crippen molar-refractivity contribution < 1.29 is 62.4 Å². The zero-order valence-corrected chi connectivity index (χ0v) is 19.4. The molecule has 0 aliphatic heterocycles. The summed E-state index contributed by atoms with van der Waals surface area (Å²) in [5.74, 6) is -28.5. The highest BCUT2D eigenvalue weighted by Crippen LogP contribution is 2.39. The van der Waals surface area contributed by atoms with Gasteiger partial charge in [0.2, 0.25) is 0 Å². The van der Waals surface area contributed by atoms with Crippen LogP contribution in [-0.2, 0) is 0 Å². The minimum Gasteiger partial charge on any atom is -0.532 e. The summed E-state index contributed by atoms with van der Waals surface area (Å²) in [5, 5.41) is 2.95. The molecule has 2 nitrogen and oxygen atoms in total. The number of benzene rings is 5. The molecule has 0 aromatic heterocycles. The van der Waals surface area contributed by atoms with Crippen LogP contribution in [0.1, 0.15) is 0 Å². The van der Waals surface area contributed by atoms with Crippen LogP contribution in [0.2, 0.25) is 0 Å². The normalized spacial score (nSPS) is 11.5. The largest absolute Gasteiger partial charge is 0.563 e. The average molecular weight is 590 g/mol. The molecule has 210 valence electrons. The molecule has 0 saturated heterocycles. The van der Waals surface area contributed by atoms with Crippen LogP contribution in [0.3, 0.4) is 0 Å². The second kappa shape index (κ2) is 9.91. The molecule has 0 heterocycles. The summed E-state index contributed by atoms with van der Waals surface area (Å²) in [5.41, 5.74) is -2.89. The summed E-state index contributed by atoms with van der Waals surface area (Å²) >= 11 is 0. The fourth-order valence-electron chi connectivity index (χ4n) is 4.34. The maximum atomic E-state index is 15.5. The molecule has 1 N–H and O–H groups in total. The van der Waals surface area contributed by atoms with Crippen molar-refractivity contribution in [3.05, 3.63) is 106 Å². The van der Waals surface area contributed by atoms with Crippen molar-refractivity contribution in [1.82, 2.24) is 0 Å². The molecule has 5 aromatic carbocycles. The molecule has 0 radical (unpaired) electrons. The quantitative estimate of drug-likeness (QED) is 0.0797. The van der Waals surface area contributed by atoms with Crippen LogP contribution in [0.15, 0.2) is 36.4 Å². The van der Waals surface area contributed by atoms with Crippen LogP contribution < -0.4 is 10.1 Å². The number of fused-ring (bicyclic) bond motifs is 2. The molecule has 0 spiro atoms. The van der Waals surface area contributed by atoms with E-state index in [2.05, 4.69) is 0 Å². The Kier molecular flexibility index (Phi) is 6.80. The van der Waals surface area contributed by atoms with E-state index < -0.39 is 121 Å². The molecule has 15 heteroatoms. The topological polar surface area (TPSA) is 29.5 Å². The van der Waals surface area contributed by atoms with Crippen LogP contribution >= 0.6 is 0 Å². The maximum absolute atomic E-state index is 15.5. The van der Waals surface area contributed by atoms with E-state index in [1.165, 1.54) is 6.07 Å². The summed E-state index contributed by atoms with van der Waals surface area (Å²) in [7, 11) is -2.98. The van der Waals surface area contributed by atoms with Gasteiger partial charge in [-0.3, -0.25) is 0 Å². The second-order valence-electron chi connectivity index (χ2n) is 8.43. The summed E-state index contributed by atoms with van der Waals surface area (Å²) < 4.78 is 178. The van der Waals surface area contributed by atoms with Crippen molar-refractivity contribution in [2.75, 3.05) is 0 Å². The van der Waals surface area contributed by atoms with Gasteiger partial charge in [-0.05, 0) is 18.2 Å². The van der Waals surface area contributed by atoms with E-state index in [1.807, 2.05) is 0 Å². The van der Waals surface area contributed by atoms with Gasteiger partial charge in [0.05, 0.1) is 16.2 Å². The highest BCUT2D eigenvalue weighted by Gasteiger charge is 2.38. The lowest BCUT2D eigenvalue weighted by molar-refractivity contribution is 0.414. The van der Waals surface area contributed by atoms with Gasteiger partial charge in [-0.2, -0.15) is 0 Å². The van der Waals surface area contributed by atoms with E-state index >= 15 is 8.78 Å². The van der Waals surface area contributed by atoms with E-state index in [0.717, 1.165) is 24.3 Å². The third-order valence-corrected chi connectivity index (χ3v) is 6.20. The van der Waals surface area contributed by atoms with Crippen molar-refractivity contribution in [3.8, 4) is 16.9 Å². The lowest BCUT2D eigenvalue weighted by Gasteiger charge is -2.19. The zero-order chi connectivity index (χ0) is 30.1. The Morgan fingerprint density at radius 3 is 1.51 bits per heavy atom. The predicted molar refractivity (Wildman–Crippen MR) is 121 cm³/mol. The third kappa shape index (κ3) is 4.05. The molecular weight excluding hydrogens is 583 g/mol. The van der Waals surface area contributed by atoms with Crippen molar-refractivity contribution in [2.24, 2.45) is 0 Å². The zero-order valence-electron chi connectivity index (χ0n) is 19.4. The van der Waals surface area contributed by atoms with Gasteiger partial charge >= 0.3 is 7.12 Å². The summed E-state index contributed by atoms with van der Waals surface area (Å²) in [4.78, 5) is 0. The number of hydrogen-bond acceptors (Lipinski definition) is 2. The van der Waals surface area contributed by atoms with Gasteiger partial charge in [0.1, 0.15) is 17.4 Å². The van der Waals surface area contributed by atoms with Gasteiger partial charge in [0.25, 0.3) is 0 Å². The Balaban J connectivity index is 1.80. The third-order valence-electron chi connectivity index (χ3n) is 6.20. The monoisotopic (exact) mass is 590 g/mol. The fraction of sp³-hybridized carbons (Fsp3) is 0. The minimum atomic E-state index is -2.98. The molecular formula is C26H7BF12O2. The van der Waals surface area contributed by atoms with Crippen molar-refractivity contribution in [3.63, 3.8) is 0 Å². The van der Waals surface area contributed by atoms with Gasteiger partial charge in [-0.1, -0.05) is 18.2 Å². The van der Waals surface area contributed by atoms with E-state index in [9.17, 15) is 48.9 Å². The molecule has 0 aliphatic rings. The second-order valence-corrected chi connectivity index (χ2v) is 8.43. The maximum Gasteiger partial charge on any atom is 0.563 e. The SMILES string of the molecule is OB(Oc1ccccc1-c1ccc(F)c(F)c1F)c1c(F)c(F)c(F)c2c(F)c3c(F)c(F)c(F)c(F)c3c(F)c12. The van der Waals surface area contributed by atoms with Gasteiger partial charge in [0.15, 0.2) is 58.2 Å². The number of rotatable bonds is 4. The summed E-state index contributed by atoms with van der Waals surface area (Å²) in [6, 6.07) is 5.59. The first kappa shape index (κ1) is 28.1. The molecule has 0 amide bonds. The molecule has 5 rings (SSSR count). The average Bonchev–Trinajstić information content (AvgIpc) is 2.94. The van der Waals surface area contributed by atoms with Gasteiger partial charge in [-0.25, -0.2) is 52.7 Å². The van der Waals surface area contributed by atoms with Crippen LogP contribution in [0.25, 0.3) is 32.7 Å². The molecule has 0 bridgehead atoms. The van der Waals surface area contributed by atoms with E-state index in [1.54, 1.807) is 0 Å². The Morgan fingerprint density at radius 2 is 0.927 bits per heavy atom. The number of hydrogen-bond donors (Lipinski definition) is 1. The predicted octanol–water partition coefficient (Wildman–Crippen LogP) is 7.10. The van der Waals surface area contributed by atoms with Gasteiger partial charge in [0, 0.05) is 22.0 Å². The first-order chi connectivity index (χ1) is 19.3. The lowest BCUT2D eigenvalue weighted by Crippen LogP contribution is -2.41. The first-order valence-corrected chi connectivity index (χ1v) is 11.0. The summed E-state index contributed by atoms with van der Waals surface area (Å²) in [6.07, 6.45) is 0. The van der Waals surface area contributed by atoms with Crippen molar-refractivity contribution in [1.29, 1.82) is 0 Å².